The number of benzene rings is 2. The number of rotatable bonds is 5. The summed E-state index contributed by atoms with van der Waals surface area (Å²) in [5.41, 5.74) is 1.09. The fourth-order valence-corrected chi connectivity index (χ4v) is 2.77. The number of halogens is 2. The minimum Gasteiger partial charge on any atom is -0.467 e. The van der Waals surface area contributed by atoms with Crippen LogP contribution >= 0.6 is 23.2 Å². The second-order valence-electron chi connectivity index (χ2n) is 5.50. The highest BCUT2D eigenvalue weighted by Crippen LogP contribution is 2.25. The SMILES string of the molecule is COC(=O)[C@@H](NC(=O)c1coc(-c2ccc(Cl)cc2)n1)c1ccccc1Cl. The molecule has 1 heterocycles. The molecule has 3 rings (SSSR count). The van der Waals surface area contributed by atoms with Gasteiger partial charge >= 0.3 is 5.97 Å². The minimum absolute atomic E-state index is 0.0147. The number of carbonyl (C=O) groups excluding carboxylic acids is 2. The Bertz CT molecular complexity index is 970. The maximum absolute atomic E-state index is 12.6. The van der Waals surface area contributed by atoms with Gasteiger partial charge < -0.3 is 14.5 Å². The van der Waals surface area contributed by atoms with Crippen LogP contribution in [0, 0.1) is 0 Å². The van der Waals surface area contributed by atoms with Crippen molar-refractivity contribution in [1.82, 2.24) is 10.3 Å². The van der Waals surface area contributed by atoms with Gasteiger partial charge in [-0.05, 0) is 30.3 Å². The van der Waals surface area contributed by atoms with Crippen LogP contribution in [0.4, 0.5) is 0 Å². The highest BCUT2D eigenvalue weighted by Gasteiger charge is 2.27. The standard InChI is InChI=1S/C19H14Cl2N2O4/c1-26-19(25)16(13-4-2-3-5-14(13)21)23-17(24)15-10-27-18(22-15)11-6-8-12(20)9-7-11/h2-10,16H,1H3,(H,23,24)/t16-/m0/s1. The number of hydrogen-bond acceptors (Lipinski definition) is 5. The molecule has 1 atom stereocenters. The van der Waals surface area contributed by atoms with Gasteiger partial charge in [-0.1, -0.05) is 41.4 Å². The molecule has 8 heteroatoms. The van der Waals surface area contributed by atoms with Gasteiger partial charge in [-0.2, -0.15) is 0 Å². The van der Waals surface area contributed by atoms with Crippen LogP contribution in [-0.2, 0) is 9.53 Å². The number of ether oxygens (including phenoxy) is 1. The molecule has 0 aliphatic rings. The maximum atomic E-state index is 12.6. The quantitative estimate of drug-likeness (QED) is 0.641. The van der Waals surface area contributed by atoms with Crippen LogP contribution in [0.3, 0.4) is 0 Å². The number of hydrogen-bond donors (Lipinski definition) is 1. The van der Waals surface area contributed by atoms with E-state index in [1.54, 1.807) is 48.5 Å². The predicted molar refractivity (Wildman–Crippen MR) is 101 cm³/mol. The molecule has 0 spiro atoms. The fraction of sp³-hybridized carbons (Fsp3) is 0.105. The van der Waals surface area contributed by atoms with Crippen molar-refractivity contribution in [1.29, 1.82) is 0 Å². The van der Waals surface area contributed by atoms with Crippen LogP contribution in [0.1, 0.15) is 22.1 Å². The van der Waals surface area contributed by atoms with Gasteiger partial charge in [0.2, 0.25) is 5.89 Å². The zero-order chi connectivity index (χ0) is 19.4. The molecule has 0 aliphatic heterocycles. The van der Waals surface area contributed by atoms with E-state index in [9.17, 15) is 9.59 Å². The lowest BCUT2D eigenvalue weighted by molar-refractivity contribution is -0.143. The van der Waals surface area contributed by atoms with Gasteiger partial charge in [0.05, 0.1) is 7.11 Å². The van der Waals surface area contributed by atoms with E-state index in [4.69, 9.17) is 32.4 Å². The molecule has 0 radical (unpaired) electrons. The molecule has 0 saturated heterocycles. The lowest BCUT2D eigenvalue weighted by Crippen LogP contribution is -2.34. The summed E-state index contributed by atoms with van der Waals surface area (Å²) >= 11 is 12.0. The molecule has 2 aromatic carbocycles. The maximum Gasteiger partial charge on any atom is 0.333 e. The third-order valence-electron chi connectivity index (χ3n) is 3.76. The van der Waals surface area contributed by atoms with E-state index in [0.29, 0.717) is 21.2 Å². The first-order valence-electron chi connectivity index (χ1n) is 7.84. The van der Waals surface area contributed by atoms with Crippen LogP contribution < -0.4 is 5.32 Å². The van der Waals surface area contributed by atoms with Crippen molar-refractivity contribution in [2.75, 3.05) is 7.11 Å². The number of carbonyl (C=O) groups is 2. The Balaban J connectivity index is 1.83. The zero-order valence-electron chi connectivity index (χ0n) is 14.1. The summed E-state index contributed by atoms with van der Waals surface area (Å²) in [5.74, 6) is -1.00. The summed E-state index contributed by atoms with van der Waals surface area (Å²) < 4.78 is 10.1. The smallest absolute Gasteiger partial charge is 0.333 e. The Labute approximate surface area is 165 Å². The third kappa shape index (κ3) is 4.30. The van der Waals surface area contributed by atoms with E-state index < -0.39 is 17.9 Å². The molecule has 138 valence electrons. The minimum atomic E-state index is -1.08. The molecule has 0 unspecified atom stereocenters. The van der Waals surface area contributed by atoms with E-state index in [1.165, 1.54) is 13.4 Å². The number of oxazole rings is 1. The topological polar surface area (TPSA) is 81.4 Å². The summed E-state index contributed by atoms with van der Waals surface area (Å²) in [6.07, 6.45) is 1.21. The summed E-state index contributed by atoms with van der Waals surface area (Å²) in [6.45, 7) is 0. The van der Waals surface area contributed by atoms with E-state index in [1.807, 2.05) is 0 Å². The van der Waals surface area contributed by atoms with Crippen molar-refractivity contribution in [3.05, 3.63) is 76.1 Å². The summed E-state index contributed by atoms with van der Waals surface area (Å²) in [6, 6.07) is 12.4. The number of nitrogens with zero attached hydrogens (tertiary/aromatic N) is 1. The van der Waals surface area contributed by atoms with Gasteiger partial charge in [0.15, 0.2) is 11.7 Å². The molecule has 0 fully saturated rings. The average molecular weight is 405 g/mol. The largest absolute Gasteiger partial charge is 0.467 e. The molecule has 3 aromatic rings. The fourth-order valence-electron chi connectivity index (χ4n) is 2.40. The van der Waals surface area contributed by atoms with E-state index in [-0.39, 0.29) is 11.6 Å². The Morgan fingerprint density at radius 3 is 2.48 bits per heavy atom. The lowest BCUT2D eigenvalue weighted by Gasteiger charge is -2.17. The first-order valence-corrected chi connectivity index (χ1v) is 8.59. The molecule has 6 nitrogen and oxygen atoms in total. The number of esters is 1. The predicted octanol–water partition coefficient (Wildman–Crippen LogP) is 4.29. The second-order valence-corrected chi connectivity index (χ2v) is 6.34. The van der Waals surface area contributed by atoms with Crippen LogP contribution in [0.15, 0.2) is 59.2 Å². The Morgan fingerprint density at radius 1 is 1.11 bits per heavy atom. The number of amides is 1. The third-order valence-corrected chi connectivity index (χ3v) is 4.35. The Kier molecular flexibility index (Phi) is 5.78. The molecule has 0 bridgehead atoms. The van der Waals surface area contributed by atoms with Crippen LogP contribution in [-0.4, -0.2) is 24.0 Å². The van der Waals surface area contributed by atoms with Gasteiger partial charge in [-0.15, -0.1) is 0 Å². The Hall–Kier alpha value is -2.83. The van der Waals surface area contributed by atoms with Gasteiger partial charge in [-0.3, -0.25) is 4.79 Å². The molecule has 1 N–H and O–H groups in total. The average Bonchev–Trinajstić information content (AvgIpc) is 3.17. The van der Waals surface area contributed by atoms with Crippen molar-refractivity contribution in [2.24, 2.45) is 0 Å². The number of nitrogens with one attached hydrogen (secondary N) is 1. The number of methoxy groups -OCH3 is 1. The summed E-state index contributed by atoms with van der Waals surface area (Å²) in [5, 5.41) is 3.48. The molecular formula is C19H14Cl2N2O4. The lowest BCUT2D eigenvalue weighted by atomic mass is 10.1. The van der Waals surface area contributed by atoms with Crippen molar-refractivity contribution in [2.45, 2.75) is 6.04 Å². The highest BCUT2D eigenvalue weighted by molar-refractivity contribution is 6.31. The first-order chi connectivity index (χ1) is 13.0. The molecule has 1 amide bonds. The highest BCUT2D eigenvalue weighted by atomic mass is 35.5. The van der Waals surface area contributed by atoms with Gasteiger partial charge in [0.25, 0.3) is 5.91 Å². The van der Waals surface area contributed by atoms with Crippen molar-refractivity contribution >= 4 is 35.1 Å². The Morgan fingerprint density at radius 2 is 1.81 bits per heavy atom. The zero-order valence-corrected chi connectivity index (χ0v) is 15.6. The summed E-state index contributed by atoms with van der Waals surface area (Å²) in [7, 11) is 1.23. The van der Waals surface area contributed by atoms with Crippen molar-refractivity contribution in [3.63, 3.8) is 0 Å². The van der Waals surface area contributed by atoms with Crippen LogP contribution in [0.25, 0.3) is 11.5 Å². The van der Waals surface area contributed by atoms with Crippen LogP contribution in [0.2, 0.25) is 10.0 Å². The molecule has 27 heavy (non-hydrogen) atoms. The van der Waals surface area contributed by atoms with Gasteiger partial charge in [0, 0.05) is 21.2 Å². The summed E-state index contributed by atoms with van der Waals surface area (Å²) in [4.78, 5) is 28.8. The molecular weight excluding hydrogens is 391 g/mol. The van der Waals surface area contributed by atoms with Crippen molar-refractivity contribution in [3.8, 4) is 11.5 Å². The van der Waals surface area contributed by atoms with Crippen LogP contribution in [0.5, 0.6) is 0 Å². The first kappa shape index (κ1) is 18.9. The molecule has 0 saturated carbocycles. The van der Waals surface area contributed by atoms with Gasteiger partial charge in [0.1, 0.15) is 6.26 Å². The number of aromatic nitrogens is 1. The second kappa shape index (κ2) is 8.24. The van der Waals surface area contributed by atoms with E-state index >= 15 is 0 Å². The monoisotopic (exact) mass is 404 g/mol. The van der Waals surface area contributed by atoms with Crippen molar-refractivity contribution < 1.29 is 18.7 Å². The van der Waals surface area contributed by atoms with E-state index in [2.05, 4.69) is 10.3 Å². The molecule has 1 aromatic heterocycles. The van der Waals surface area contributed by atoms with E-state index in [0.717, 1.165) is 0 Å². The normalized spacial score (nSPS) is 11.7. The van der Waals surface area contributed by atoms with Gasteiger partial charge in [-0.25, -0.2) is 9.78 Å². The molecule has 0 aliphatic carbocycles.